The van der Waals surface area contributed by atoms with Crippen LogP contribution >= 0.6 is 0 Å². The van der Waals surface area contributed by atoms with Crippen LogP contribution in [-0.4, -0.2) is 32.6 Å². The van der Waals surface area contributed by atoms with Crippen LogP contribution < -0.4 is 10.1 Å². The number of para-hydroxylation sites is 1. The second-order valence-corrected chi connectivity index (χ2v) is 10.0. The van der Waals surface area contributed by atoms with Gasteiger partial charge in [0.2, 0.25) is 0 Å². The van der Waals surface area contributed by atoms with Gasteiger partial charge in [0, 0.05) is 40.7 Å². The lowest BCUT2D eigenvalue weighted by atomic mass is 9.96. The lowest BCUT2D eigenvalue weighted by Crippen LogP contribution is -2.21. The molecule has 0 bridgehead atoms. The Morgan fingerprint density at radius 2 is 1.82 bits per heavy atom. The van der Waals surface area contributed by atoms with E-state index in [4.69, 9.17) is 4.74 Å². The minimum Gasteiger partial charge on any atom is -0.497 e. The normalized spacial score (nSPS) is 12.5. The zero-order valence-electron chi connectivity index (χ0n) is 18.1. The van der Waals surface area contributed by atoms with Crippen molar-refractivity contribution in [2.75, 3.05) is 18.7 Å². The Hall–Kier alpha value is -3.65. The van der Waals surface area contributed by atoms with Crippen molar-refractivity contribution in [1.29, 1.82) is 0 Å². The van der Waals surface area contributed by atoms with Gasteiger partial charge in [-0.1, -0.05) is 30.3 Å². The fourth-order valence-electron chi connectivity index (χ4n) is 3.80. The fraction of sp³-hybridized carbons (Fsp3) is 0.160. The quantitative estimate of drug-likeness (QED) is 0.361. The lowest BCUT2D eigenvalue weighted by molar-refractivity contribution is 0.0971. The van der Waals surface area contributed by atoms with Gasteiger partial charge in [-0.25, -0.2) is 12.8 Å². The SMILES string of the molecule is COc1cc(CS(C)(=O)=O)cc(NC(C(=O)c2c[nH]c3ccccc23)c2ccc(F)cc2)c1. The van der Waals surface area contributed by atoms with Gasteiger partial charge in [-0.2, -0.15) is 0 Å². The molecule has 1 atom stereocenters. The molecule has 3 aromatic carbocycles. The summed E-state index contributed by atoms with van der Waals surface area (Å²) in [6.45, 7) is 0. The number of halogens is 1. The highest BCUT2D eigenvalue weighted by atomic mass is 32.2. The Morgan fingerprint density at radius 1 is 1.09 bits per heavy atom. The van der Waals surface area contributed by atoms with Crippen molar-refractivity contribution in [2.24, 2.45) is 0 Å². The van der Waals surface area contributed by atoms with E-state index in [1.165, 1.54) is 19.2 Å². The van der Waals surface area contributed by atoms with E-state index in [0.717, 1.165) is 17.2 Å². The molecule has 8 heteroatoms. The molecule has 0 fully saturated rings. The summed E-state index contributed by atoms with van der Waals surface area (Å²) < 4.78 is 42.6. The summed E-state index contributed by atoms with van der Waals surface area (Å²) >= 11 is 0. The number of ether oxygens (including phenoxy) is 1. The van der Waals surface area contributed by atoms with Gasteiger partial charge in [-0.05, 0) is 41.5 Å². The largest absolute Gasteiger partial charge is 0.497 e. The van der Waals surface area contributed by atoms with Gasteiger partial charge in [0.1, 0.15) is 17.6 Å². The zero-order valence-corrected chi connectivity index (χ0v) is 18.9. The van der Waals surface area contributed by atoms with Gasteiger partial charge in [0.15, 0.2) is 15.6 Å². The van der Waals surface area contributed by atoms with Gasteiger partial charge in [-0.3, -0.25) is 4.79 Å². The van der Waals surface area contributed by atoms with E-state index < -0.39 is 21.7 Å². The number of aromatic amines is 1. The molecule has 1 heterocycles. The Bertz CT molecular complexity index is 1410. The highest BCUT2D eigenvalue weighted by Crippen LogP contribution is 2.30. The van der Waals surface area contributed by atoms with Gasteiger partial charge >= 0.3 is 0 Å². The number of benzene rings is 3. The highest BCUT2D eigenvalue weighted by molar-refractivity contribution is 7.89. The number of fused-ring (bicyclic) bond motifs is 1. The van der Waals surface area contributed by atoms with Crippen LogP contribution in [0.25, 0.3) is 10.9 Å². The standard InChI is InChI=1S/C25H23FN2O4S/c1-32-20-12-16(15-33(2,30)31)11-19(13-20)28-24(17-7-9-18(26)10-8-17)25(29)22-14-27-23-6-4-3-5-21(22)23/h3-14,24,27-28H,15H2,1-2H3. The Balaban J connectivity index is 1.77. The Morgan fingerprint density at radius 3 is 2.52 bits per heavy atom. The molecular formula is C25H23FN2O4S. The molecule has 0 radical (unpaired) electrons. The molecule has 2 N–H and O–H groups in total. The van der Waals surface area contributed by atoms with Crippen LogP contribution in [0.2, 0.25) is 0 Å². The molecule has 0 spiro atoms. The molecule has 0 saturated heterocycles. The first-order valence-electron chi connectivity index (χ1n) is 10.2. The number of hydrogen-bond acceptors (Lipinski definition) is 5. The van der Waals surface area contributed by atoms with E-state index >= 15 is 0 Å². The number of rotatable bonds is 8. The van der Waals surface area contributed by atoms with Crippen molar-refractivity contribution in [3.63, 3.8) is 0 Å². The maximum absolute atomic E-state index is 13.7. The number of H-pyrrole nitrogens is 1. The van der Waals surface area contributed by atoms with Crippen LogP contribution in [0.15, 0.2) is 72.9 Å². The van der Waals surface area contributed by atoms with Crippen molar-refractivity contribution < 1.29 is 22.3 Å². The van der Waals surface area contributed by atoms with Crippen LogP contribution in [-0.2, 0) is 15.6 Å². The average molecular weight is 467 g/mol. The number of nitrogens with one attached hydrogen (secondary N) is 2. The minimum absolute atomic E-state index is 0.170. The predicted octanol–water partition coefficient (Wildman–Crippen LogP) is 4.90. The monoisotopic (exact) mass is 466 g/mol. The summed E-state index contributed by atoms with van der Waals surface area (Å²) in [6.07, 6.45) is 2.81. The van der Waals surface area contributed by atoms with Crippen molar-refractivity contribution in [2.45, 2.75) is 11.8 Å². The van der Waals surface area contributed by atoms with Crippen LogP contribution in [0.4, 0.5) is 10.1 Å². The first-order chi connectivity index (χ1) is 15.7. The fourth-order valence-corrected chi connectivity index (χ4v) is 4.57. The molecular weight excluding hydrogens is 443 g/mol. The van der Waals surface area contributed by atoms with Gasteiger partial charge < -0.3 is 15.0 Å². The molecule has 1 unspecified atom stereocenters. The van der Waals surface area contributed by atoms with Crippen molar-refractivity contribution in [3.8, 4) is 5.75 Å². The summed E-state index contributed by atoms with van der Waals surface area (Å²) in [7, 11) is -1.79. The summed E-state index contributed by atoms with van der Waals surface area (Å²) in [6, 6.07) is 17.3. The van der Waals surface area contributed by atoms with Crippen LogP contribution in [0.3, 0.4) is 0 Å². The second-order valence-electron chi connectivity index (χ2n) is 7.88. The van der Waals surface area contributed by atoms with Gasteiger partial charge in [-0.15, -0.1) is 0 Å². The molecule has 1 aromatic heterocycles. The third kappa shape index (κ3) is 5.23. The summed E-state index contributed by atoms with van der Waals surface area (Å²) in [4.78, 5) is 16.8. The molecule has 6 nitrogen and oxygen atoms in total. The number of methoxy groups -OCH3 is 1. The Labute approximate surface area is 191 Å². The lowest BCUT2D eigenvalue weighted by Gasteiger charge is -2.20. The summed E-state index contributed by atoms with van der Waals surface area (Å²) in [5.41, 5.74) is 2.92. The van der Waals surface area contributed by atoms with Gasteiger partial charge in [0.25, 0.3) is 0 Å². The van der Waals surface area contributed by atoms with E-state index in [0.29, 0.717) is 28.1 Å². The molecule has 4 rings (SSSR count). The maximum atomic E-state index is 13.7. The minimum atomic E-state index is -3.28. The van der Waals surface area contributed by atoms with Crippen molar-refractivity contribution in [3.05, 3.63) is 95.4 Å². The first kappa shape index (κ1) is 22.5. The highest BCUT2D eigenvalue weighted by Gasteiger charge is 2.25. The third-order valence-electron chi connectivity index (χ3n) is 5.26. The van der Waals surface area contributed by atoms with Crippen LogP contribution in [0.1, 0.15) is 27.5 Å². The number of aromatic nitrogens is 1. The molecule has 4 aromatic rings. The maximum Gasteiger partial charge on any atom is 0.191 e. The average Bonchev–Trinajstić information content (AvgIpc) is 3.20. The number of carbonyl (C=O) groups is 1. The van der Waals surface area contributed by atoms with E-state index in [1.54, 1.807) is 36.5 Å². The molecule has 0 aliphatic heterocycles. The molecule has 33 heavy (non-hydrogen) atoms. The van der Waals surface area contributed by atoms with E-state index in [2.05, 4.69) is 10.3 Å². The molecule has 0 aliphatic carbocycles. The molecule has 0 saturated carbocycles. The number of hydrogen-bond donors (Lipinski definition) is 2. The topological polar surface area (TPSA) is 88.3 Å². The second kappa shape index (κ2) is 9.07. The van der Waals surface area contributed by atoms with Crippen molar-refractivity contribution >= 4 is 32.2 Å². The Kier molecular flexibility index (Phi) is 6.20. The zero-order chi connectivity index (χ0) is 23.6. The first-order valence-corrected chi connectivity index (χ1v) is 12.3. The van der Waals surface area contributed by atoms with Crippen LogP contribution in [0, 0.1) is 5.82 Å². The molecule has 170 valence electrons. The van der Waals surface area contributed by atoms with Crippen molar-refractivity contribution in [1.82, 2.24) is 4.98 Å². The predicted molar refractivity (Wildman–Crippen MR) is 127 cm³/mol. The number of anilines is 1. The number of Topliss-reactive ketones (excluding diaryl/α,β-unsaturated/α-hetero) is 1. The van der Waals surface area contributed by atoms with Gasteiger partial charge in [0.05, 0.1) is 12.9 Å². The molecule has 0 amide bonds. The van der Waals surface area contributed by atoms with E-state index in [9.17, 15) is 17.6 Å². The van der Waals surface area contributed by atoms with Crippen LogP contribution in [0.5, 0.6) is 5.75 Å². The number of sulfone groups is 1. The summed E-state index contributed by atoms with van der Waals surface area (Å²) in [5.74, 6) is -0.340. The van der Waals surface area contributed by atoms with E-state index in [-0.39, 0.29) is 11.5 Å². The smallest absolute Gasteiger partial charge is 0.191 e. The molecule has 0 aliphatic rings. The third-order valence-corrected chi connectivity index (χ3v) is 6.12. The number of carbonyl (C=O) groups excluding carboxylic acids is 1. The summed E-state index contributed by atoms with van der Waals surface area (Å²) in [5, 5.41) is 3.99. The van der Waals surface area contributed by atoms with E-state index in [1.807, 2.05) is 24.3 Å². The number of ketones is 1.